The van der Waals surface area contributed by atoms with Crippen molar-refractivity contribution in [2.75, 3.05) is 4.90 Å². The van der Waals surface area contributed by atoms with Gasteiger partial charge in [-0.05, 0) is 58.1 Å². The van der Waals surface area contributed by atoms with E-state index in [2.05, 4.69) is 193 Å². The molecule has 0 aliphatic heterocycles. The Kier molecular flexibility index (Phi) is 7.82. The Labute approximate surface area is 330 Å². The van der Waals surface area contributed by atoms with Crippen LogP contribution in [0.3, 0.4) is 0 Å². The highest BCUT2D eigenvalue weighted by molar-refractivity contribution is 6.14. The number of fused-ring (bicyclic) bond motifs is 6. The summed E-state index contributed by atoms with van der Waals surface area (Å²) in [5, 5.41) is 4.36. The van der Waals surface area contributed by atoms with Crippen LogP contribution in [0, 0.1) is 0 Å². The van der Waals surface area contributed by atoms with Crippen molar-refractivity contribution < 1.29 is 8.83 Å². The third-order valence-electron chi connectivity index (χ3n) is 11.1. The molecule has 0 aliphatic carbocycles. The predicted molar refractivity (Wildman–Crippen MR) is 237 cm³/mol. The van der Waals surface area contributed by atoms with Gasteiger partial charge >= 0.3 is 0 Å². The molecule has 57 heavy (non-hydrogen) atoms. The summed E-state index contributed by atoms with van der Waals surface area (Å²) in [4.78, 5) is 2.39. The molecule has 0 fully saturated rings. The normalized spacial score (nSPS) is 11.5. The van der Waals surface area contributed by atoms with Crippen molar-refractivity contribution >= 4 is 60.9 Å². The Bertz CT molecular complexity index is 3260. The zero-order valence-electron chi connectivity index (χ0n) is 31.0. The average Bonchev–Trinajstić information content (AvgIpc) is 3.87. The number of hydrogen-bond donors (Lipinski definition) is 0. The lowest BCUT2D eigenvalue weighted by Gasteiger charge is -2.30. The molecule has 268 valence electrons. The summed E-state index contributed by atoms with van der Waals surface area (Å²) in [5.41, 5.74) is 15.4. The first kappa shape index (κ1) is 32.8. The van der Waals surface area contributed by atoms with Crippen molar-refractivity contribution in [2.45, 2.75) is 0 Å². The van der Waals surface area contributed by atoms with Gasteiger partial charge in [-0.25, -0.2) is 0 Å². The van der Waals surface area contributed by atoms with Crippen molar-refractivity contribution in [3.63, 3.8) is 0 Å². The van der Waals surface area contributed by atoms with Crippen molar-refractivity contribution in [3.05, 3.63) is 212 Å². The molecule has 3 heteroatoms. The summed E-state index contributed by atoms with van der Waals surface area (Å²) < 4.78 is 13.5. The molecule has 0 spiro atoms. The molecule has 0 unspecified atom stereocenters. The topological polar surface area (TPSA) is 29.5 Å². The summed E-state index contributed by atoms with van der Waals surface area (Å²) in [5.74, 6) is 0. The first-order valence-corrected chi connectivity index (χ1v) is 19.4. The van der Waals surface area contributed by atoms with Crippen LogP contribution in [0.5, 0.6) is 0 Å². The summed E-state index contributed by atoms with van der Waals surface area (Å²) >= 11 is 0. The Balaban J connectivity index is 1.20. The van der Waals surface area contributed by atoms with Gasteiger partial charge in [0.05, 0.1) is 17.1 Å². The lowest BCUT2D eigenvalue weighted by Crippen LogP contribution is -2.13. The third kappa shape index (κ3) is 5.43. The van der Waals surface area contributed by atoms with Crippen LogP contribution in [0.4, 0.5) is 17.1 Å². The summed E-state index contributed by atoms with van der Waals surface area (Å²) in [6, 6.07) is 75.0. The highest BCUT2D eigenvalue weighted by Crippen LogP contribution is 2.50. The Morgan fingerprint density at radius 1 is 0.246 bits per heavy atom. The van der Waals surface area contributed by atoms with Gasteiger partial charge in [0.15, 0.2) is 5.58 Å². The molecule has 0 radical (unpaired) electrons. The number of hydrogen-bond acceptors (Lipinski definition) is 3. The third-order valence-corrected chi connectivity index (χ3v) is 11.1. The minimum absolute atomic E-state index is 0.827. The van der Waals surface area contributed by atoms with Crippen LogP contribution >= 0.6 is 0 Å². The molecule has 3 nitrogen and oxygen atoms in total. The minimum atomic E-state index is 0.827. The van der Waals surface area contributed by atoms with Crippen LogP contribution in [-0.4, -0.2) is 0 Å². The van der Waals surface area contributed by atoms with Gasteiger partial charge in [0.1, 0.15) is 16.7 Å². The van der Waals surface area contributed by atoms with Gasteiger partial charge in [0.25, 0.3) is 0 Å². The SMILES string of the molecule is c1ccc(-c2ccccc2-c2ccccc2-c2ccccc2N(c2ccccc2-c2cccc3c2oc2ccccc23)c2cccc3c2oc2ccccc23)cc1. The van der Waals surface area contributed by atoms with Gasteiger partial charge in [-0.1, -0.05) is 182 Å². The Hall–Kier alpha value is -7.62. The van der Waals surface area contributed by atoms with Crippen LogP contribution in [0.1, 0.15) is 0 Å². The molecular weight excluding hydrogens is 695 g/mol. The minimum Gasteiger partial charge on any atom is -0.455 e. The van der Waals surface area contributed by atoms with E-state index >= 15 is 0 Å². The highest BCUT2D eigenvalue weighted by Gasteiger charge is 2.26. The van der Waals surface area contributed by atoms with Gasteiger partial charge in [-0.15, -0.1) is 0 Å². The fraction of sp³-hybridized carbons (Fsp3) is 0. The number of nitrogens with zero attached hydrogens (tertiary/aromatic N) is 1. The van der Waals surface area contributed by atoms with Gasteiger partial charge in [0.2, 0.25) is 0 Å². The van der Waals surface area contributed by atoms with Gasteiger partial charge in [-0.2, -0.15) is 0 Å². The fourth-order valence-electron chi connectivity index (χ4n) is 8.59. The van der Waals surface area contributed by atoms with E-state index in [0.29, 0.717) is 0 Å². The van der Waals surface area contributed by atoms with Crippen molar-refractivity contribution in [2.24, 2.45) is 0 Å². The van der Waals surface area contributed by atoms with E-state index in [4.69, 9.17) is 8.83 Å². The van der Waals surface area contributed by atoms with E-state index in [0.717, 1.165) is 88.8 Å². The second-order valence-corrected chi connectivity index (χ2v) is 14.4. The lowest BCUT2D eigenvalue weighted by atomic mass is 9.88. The average molecular weight is 730 g/mol. The second kappa shape index (κ2) is 13.6. The summed E-state index contributed by atoms with van der Waals surface area (Å²) in [6.45, 7) is 0. The van der Waals surface area contributed by atoms with Crippen molar-refractivity contribution in [1.82, 2.24) is 0 Å². The Morgan fingerprint density at radius 3 is 1.28 bits per heavy atom. The smallest absolute Gasteiger partial charge is 0.159 e. The molecule has 2 heterocycles. The van der Waals surface area contributed by atoms with E-state index in [1.807, 2.05) is 24.3 Å². The van der Waals surface area contributed by atoms with E-state index in [9.17, 15) is 0 Å². The van der Waals surface area contributed by atoms with E-state index < -0.39 is 0 Å². The predicted octanol–water partition coefficient (Wildman–Crippen LogP) is 15.6. The second-order valence-electron chi connectivity index (χ2n) is 14.4. The molecule has 9 aromatic carbocycles. The lowest BCUT2D eigenvalue weighted by molar-refractivity contribution is 0.669. The molecule has 0 aliphatic rings. The van der Waals surface area contributed by atoms with E-state index in [1.54, 1.807) is 0 Å². The number of rotatable bonds is 7. The first-order valence-electron chi connectivity index (χ1n) is 19.4. The number of anilines is 3. The maximum Gasteiger partial charge on any atom is 0.159 e. The van der Waals surface area contributed by atoms with Crippen LogP contribution < -0.4 is 4.90 Å². The molecule has 0 bridgehead atoms. The number of para-hydroxylation sites is 6. The Morgan fingerprint density at radius 2 is 0.632 bits per heavy atom. The van der Waals surface area contributed by atoms with Gasteiger partial charge < -0.3 is 13.7 Å². The largest absolute Gasteiger partial charge is 0.455 e. The zero-order chi connectivity index (χ0) is 37.7. The maximum absolute atomic E-state index is 6.81. The van der Waals surface area contributed by atoms with Crippen LogP contribution in [-0.2, 0) is 0 Å². The van der Waals surface area contributed by atoms with Crippen LogP contribution in [0.25, 0.3) is 88.4 Å². The van der Waals surface area contributed by atoms with E-state index in [-0.39, 0.29) is 0 Å². The monoisotopic (exact) mass is 729 g/mol. The maximum atomic E-state index is 6.81. The summed E-state index contributed by atoms with van der Waals surface area (Å²) in [6.07, 6.45) is 0. The molecule has 0 saturated carbocycles. The number of furan rings is 2. The fourth-order valence-corrected chi connectivity index (χ4v) is 8.59. The number of benzene rings is 9. The quantitative estimate of drug-likeness (QED) is 0.164. The molecule has 2 aromatic heterocycles. The van der Waals surface area contributed by atoms with Crippen molar-refractivity contribution in [3.8, 4) is 44.5 Å². The molecule has 0 N–H and O–H groups in total. The summed E-state index contributed by atoms with van der Waals surface area (Å²) in [7, 11) is 0. The molecule has 0 amide bonds. The molecular formula is C54H35NO2. The standard InChI is InChI=1S/C54H35NO2/c1-2-18-36(19-3-1)37-20-4-5-21-38(37)39-22-6-7-23-40(39)41-24-8-12-31-48(41)55(50-33-17-30-47-44-27-11-15-35-52(44)57-54(47)50)49-32-13-9-25-42(49)45-28-16-29-46-43-26-10-14-34-51(43)56-53(45)46/h1-35H. The van der Waals surface area contributed by atoms with E-state index in [1.165, 1.54) is 16.7 Å². The van der Waals surface area contributed by atoms with Crippen molar-refractivity contribution in [1.29, 1.82) is 0 Å². The molecule has 11 aromatic rings. The molecule has 11 rings (SSSR count). The van der Waals surface area contributed by atoms with Gasteiger partial charge in [-0.3, -0.25) is 0 Å². The van der Waals surface area contributed by atoms with Crippen LogP contribution in [0.15, 0.2) is 221 Å². The van der Waals surface area contributed by atoms with Gasteiger partial charge in [0, 0.05) is 38.2 Å². The zero-order valence-corrected chi connectivity index (χ0v) is 31.0. The van der Waals surface area contributed by atoms with Crippen LogP contribution in [0.2, 0.25) is 0 Å². The molecule has 0 atom stereocenters. The molecule has 0 saturated heterocycles. The first-order chi connectivity index (χ1) is 28.3. The highest BCUT2D eigenvalue weighted by atomic mass is 16.3.